The van der Waals surface area contributed by atoms with E-state index >= 15 is 0 Å². The molecule has 0 aliphatic carbocycles. The van der Waals surface area contributed by atoms with Gasteiger partial charge in [-0.15, -0.1) is 0 Å². The second-order valence-electron chi connectivity index (χ2n) is 3.40. The van der Waals surface area contributed by atoms with E-state index in [1.165, 1.54) is 6.33 Å². The van der Waals surface area contributed by atoms with E-state index in [9.17, 15) is 0 Å². The molecule has 0 aliphatic rings. The van der Waals surface area contributed by atoms with Crippen molar-refractivity contribution in [2.75, 3.05) is 11.1 Å². The van der Waals surface area contributed by atoms with Gasteiger partial charge in [0.25, 0.3) is 0 Å². The molecule has 0 spiro atoms. The maximum Gasteiger partial charge on any atom is 0.146 e. The van der Waals surface area contributed by atoms with Gasteiger partial charge in [-0.05, 0) is 33.6 Å². The third-order valence-corrected chi connectivity index (χ3v) is 3.44. The van der Waals surface area contributed by atoms with Crippen LogP contribution in [0.2, 0.25) is 0 Å². The zero-order chi connectivity index (χ0) is 12.3. The lowest BCUT2D eigenvalue weighted by molar-refractivity contribution is 1.07. The Morgan fingerprint density at radius 3 is 2.82 bits per heavy atom. The van der Waals surface area contributed by atoms with E-state index in [4.69, 9.17) is 5.73 Å². The molecule has 2 aromatic rings. The summed E-state index contributed by atoms with van der Waals surface area (Å²) in [5.41, 5.74) is 6.82. The monoisotopic (exact) mass is 356 g/mol. The predicted molar refractivity (Wildman–Crippen MR) is 75.6 cm³/mol. The summed E-state index contributed by atoms with van der Waals surface area (Å²) in [6, 6.07) is 8.06. The molecule has 3 N–H and O–H groups in total. The third kappa shape index (κ3) is 3.17. The van der Waals surface area contributed by atoms with Gasteiger partial charge >= 0.3 is 0 Å². The molecule has 0 aliphatic heterocycles. The molecule has 0 saturated heterocycles. The average molecular weight is 358 g/mol. The molecule has 88 valence electrons. The van der Waals surface area contributed by atoms with Gasteiger partial charge in [-0.2, -0.15) is 0 Å². The van der Waals surface area contributed by atoms with Gasteiger partial charge in [-0.3, -0.25) is 0 Å². The van der Waals surface area contributed by atoms with Crippen LogP contribution in [0.25, 0.3) is 0 Å². The fourth-order valence-corrected chi connectivity index (χ4v) is 2.13. The van der Waals surface area contributed by atoms with E-state index in [2.05, 4.69) is 47.1 Å². The average Bonchev–Trinajstić information content (AvgIpc) is 2.31. The van der Waals surface area contributed by atoms with Crippen LogP contribution < -0.4 is 11.1 Å². The molecule has 0 amide bonds. The number of nitrogen functional groups attached to an aromatic ring is 1. The van der Waals surface area contributed by atoms with Gasteiger partial charge in [-0.1, -0.05) is 28.1 Å². The number of benzene rings is 1. The van der Waals surface area contributed by atoms with Crippen molar-refractivity contribution in [2.45, 2.75) is 6.54 Å². The fourth-order valence-electron chi connectivity index (χ4n) is 1.34. The molecule has 4 nitrogen and oxygen atoms in total. The number of nitrogens with one attached hydrogen (secondary N) is 1. The van der Waals surface area contributed by atoms with E-state index in [1.807, 2.05) is 24.3 Å². The minimum atomic E-state index is 0.428. The lowest BCUT2D eigenvalue weighted by Gasteiger charge is -2.08. The number of hydrogen-bond donors (Lipinski definition) is 2. The Morgan fingerprint density at radius 2 is 2.06 bits per heavy atom. The molecule has 17 heavy (non-hydrogen) atoms. The van der Waals surface area contributed by atoms with Crippen molar-refractivity contribution in [3.8, 4) is 0 Å². The molecular weight excluding hydrogens is 348 g/mol. The largest absolute Gasteiger partial charge is 0.383 e. The van der Waals surface area contributed by atoms with Crippen LogP contribution in [-0.4, -0.2) is 9.97 Å². The van der Waals surface area contributed by atoms with Crippen molar-refractivity contribution in [1.29, 1.82) is 0 Å². The molecule has 0 bridgehead atoms. The van der Waals surface area contributed by atoms with Crippen molar-refractivity contribution in [1.82, 2.24) is 9.97 Å². The Hall–Kier alpha value is -1.14. The quantitative estimate of drug-likeness (QED) is 0.885. The van der Waals surface area contributed by atoms with E-state index < -0.39 is 0 Å². The number of nitrogens with two attached hydrogens (primary N) is 1. The summed E-state index contributed by atoms with van der Waals surface area (Å²) < 4.78 is 1.74. The third-order valence-electron chi connectivity index (χ3n) is 2.17. The SMILES string of the molecule is Nc1ncnc(NCc2cccc(Br)c2)c1Br. The highest BCUT2D eigenvalue weighted by atomic mass is 79.9. The van der Waals surface area contributed by atoms with E-state index in [-0.39, 0.29) is 0 Å². The zero-order valence-corrected chi connectivity index (χ0v) is 12.0. The van der Waals surface area contributed by atoms with Gasteiger partial charge in [0.2, 0.25) is 0 Å². The van der Waals surface area contributed by atoms with Crippen LogP contribution >= 0.6 is 31.9 Å². The molecule has 1 aromatic heterocycles. The molecule has 0 radical (unpaired) electrons. The fraction of sp³-hybridized carbons (Fsp3) is 0.0909. The Kier molecular flexibility index (Phi) is 3.96. The van der Waals surface area contributed by atoms with Crippen LogP contribution in [-0.2, 0) is 6.54 Å². The summed E-state index contributed by atoms with van der Waals surface area (Å²) in [6.07, 6.45) is 1.43. The second kappa shape index (κ2) is 5.46. The smallest absolute Gasteiger partial charge is 0.146 e. The Labute approximate surface area is 116 Å². The number of anilines is 2. The minimum absolute atomic E-state index is 0.428. The summed E-state index contributed by atoms with van der Waals surface area (Å²) in [5.74, 6) is 1.12. The van der Waals surface area contributed by atoms with Crippen LogP contribution in [0.3, 0.4) is 0 Å². The van der Waals surface area contributed by atoms with Crippen molar-refractivity contribution in [3.05, 3.63) is 45.1 Å². The van der Waals surface area contributed by atoms with Crippen molar-refractivity contribution >= 4 is 43.5 Å². The molecule has 6 heteroatoms. The first-order valence-electron chi connectivity index (χ1n) is 4.91. The van der Waals surface area contributed by atoms with Gasteiger partial charge in [-0.25, -0.2) is 9.97 Å². The lowest BCUT2D eigenvalue weighted by atomic mass is 10.2. The highest BCUT2D eigenvalue weighted by Gasteiger charge is 2.05. The normalized spacial score (nSPS) is 10.2. The van der Waals surface area contributed by atoms with Crippen LogP contribution in [0.1, 0.15) is 5.56 Å². The highest BCUT2D eigenvalue weighted by molar-refractivity contribution is 9.11. The highest BCUT2D eigenvalue weighted by Crippen LogP contribution is 2.24. The van der Waals surface area contributed by atoms with E-state index in [0.717, 1.165) is 10.0 Å². The van der Waals surface area contributed by atoms with Gasteiger partial charge in [0.15, 0.2) is 0 Å². The molecular formula is C11H10Br2N4. The summed E-state index contributed by atoms with van der Waals surface area (Å²) in [5, 5.41) is 3.20. The molecule has 0 atom stereocenters. The van der Waals surface area contributed by atoms with Crippen LogP contribution in [0.4, 0.5) is 11.6 Å². The standard InChI is InChI=1S/C11H10Br2N4/c12-8-3-1-2-7(4-8)5-15-11-9(13)10(14)16-6-17-11/h1-4,6H,5H2,(H3,14,15,16,17). The molecule has 0 fully saturated rings. The van der Waals surface area contributed by atoms with Crippen LogP contribution in [0, 0.1) is 0 Å². The molecule has 2 rings (SSSR count). The maximum absolute atomic E-state index is 5.67. The van der Waals surface area contributed by atoms with Gasteiger partial charge in [0.1, 0.15) is 22.4 Å². The Balaban J connectivity index is 2.10. The molecule has 0 saturated carbocycles. The lowest BCUT2D eigenvalue weighted by Crippen LogP contribution is -2.04. The van der Waals surface area contributed by atoms with Crippen molar-refractivity contribution < 1.29 is 0 Å². The molecule has 1 aromatic carbocycles. The van der Waals surface area contributed by atoms with Crippen molar-refractivity contribution in [3.63, 3.8) is 0 Å². The van der Waals surface area contributed by atoms with Gasteiger partial charge < -0.3 is 11.1 Å². The topological polar surface area (TPSA) is 63.8 Å². The van der Waals surface area contributed by atoms with Crippen LogP contribution in [0.5, 0.6) is 0 Å². The predicted octanol–water partition coefficient (Wildman–Crippen LogP) is 3.20. The summed E-state index contributed by atoms with van der Waals surface area (Å²) in [6.45, 7) is 0.675. The van der Waals surface area contributed by atoms with Crippen molar-refractivity contribution in [2.24, 2.45) is 0 Å². The zero-order valence-electron chi connectivity index (χ0n) is 8.82. The van der Waals surface area contributed by atoms with Gasteiger partial charge in [0.05, 0.1) is 0 Å². The van der Waals surface area contributed by atoms with Gasteiger partial charge in [0, 0.05) is 11.0 Å². The first kappa shape index (κ1) is 12.3. The number of aromatic nitrogens is 2. The summed E-state index contributed by atoms with van der Waals surface area (Å²) >= 11 is 6.78. The Bertz CT molecular complexity index is 531. The van der Waals surface area contributed by atoms with E-state index in [1.54, 1.807) is 0 Å². The number of hydrogen-bond acceptors (Lipinski definition) is 4. The first-order chi connectivity index (χ1) is 8.16. The maximum atomic E-state index is 5.67. The number of nitrogens with zero attached hydrogens (tertiary/aromatic N) is 2. The molecule has 0 unspecified atom stereocenters. The Morgan fingerprint density at radius 1 is 1.24 bits per heavy atom. The summed E-state index contributed by atoms with van der Waals surface area (Å²) in [7, 11) is 0. The molecule has 1 heterocycles. The number of halogens is 2. The first-order valence-corrected chi connectivity index (χ1v) is 6.49. The summed E-state index contributed by atoms with van der Waals surface area (Å²) in [4.78, 5) is 8.00. The van der Waals surface area contributed by atoms with Crippen LogP contribution in [0.15, 0.2) is 39.5 Å². The number of rotatable bonds is 3. The second-order valence-corrected chi connectivity index (χ2v) is 5.11. The minimum Gasteiger partial charge on any atom is -0.383 e. The van der Waals surface area contributed by atoms with E-state index in [0.29, 0.717) is 22.7 Å².